The molecule has 0 spiro atoms. The number of hydrazine groups is 3. The Hall–Kier alpha value is -1.54. The van der Waals surface area contributed by atoms with E-state index in [1.807, 2.05) is 0 Å². The van der Waals surface area contributed by atoms with E-state index in [4.69, 9.17) is 11.7 Å². The van der Waals surface area contributed by atoms with Crippen molar-refractivity contribution >= 4 is 11.9 Å². The van der Waals surface area contributed by atoms with Crippen LogP contribution in [0.1, 0.15) is 0 Å². The van der Waals surface area contributed by atoms with Crippen LogP contribution in [0.25, 0.3) is 0 Å². The molecule has 1 heterocycles. The average Bonchev–Trinajstić information content (AvgIpc) is 2.05. The second kappa shape index (κ2) is 2.85. The molecule has 0 fully saturated rings. The van der Waals surface area contributed by atoms with E-state index in [2.05, 4.69) is 31.9 Å². The fourth-order valence-corrected chi connectivity index (χ4v) is 0.398. The second-order valence-electron chi connectivity index (χ2n) is 1.44. The lowest BCUT2D eigenvalue weighted by Crippen LogP contribution is -2.56. The largest absolute Gasteiger partial charge is 0.292 e. The van der Waals surface area contributed by atoms with Crippen LogP contribution >= 0.6 is 0 Å². The van der Waals surface area contributed by atoms with Gasteiger partial charge in [0, 0.05) is 0 Å². The Morgan fingerprint density at radius 2 is 1.40 bits per heavy atom. The number of hydrogen-bond acceptors (Lipinski definition) is 8. The van der Waals surface area contributed by atoms with E-state index >= 15 is 0 Å². The number of guanidine groups is 2. The minimum absolute atomic E-state index is 0.319. The third-order valence-electron chi connectivity index (χ3n) is 0.823. The molecule has 0 aromatic carbocycles. The van der Waals surface area contributed by atoms with Crippen LogP contribution in [0, 0.1) is 0 Å². The Labute approximate surface area is 56.6 Å². The van der Waals surface area contributed by atoms with Crippen LogP contribution in [0.2, 0.25) is 0 Å². The fraction of sp³-hybridized carbons (Fsp3) is 0. The third-order valence-corrected chi connectivity index (χ3v) is 0.823. The Morgan fingerprint density at radius 3 is 1.60 bits per heavy atom. The van der Waals surface area contributed by atoms with Crippen molar-refractivity contribution in [1.82, 2.24) is 21.7 Å². The van der Waals surface area contributed by atoms with Gasteiger partial charge in [0.15, 0.2) is 0 Å². The summed E-state index contributed by atoms with van der Waals surface area (Å²) < 4.78 is 0. The minimum Gasteiger partial charge on any atom is -0.292 e. The summed E-state index contributed by atoms with van der Waals surface area (Å²) >= 11 is 0. The molecule has 0 atom stereocenters. The lowest BCUT2D eigenvalue weighted by atomic mass is 10.9. The van der Waals surface area contributed by atoms with Crippen LogP contribution in [0.15, 0.2) is 10.2 Å². The smallest absolute Gasteiger partial charge is 0.249 e. The molecule has 0 unspecified atom stereocenters. The van der Waals surface area contributed by atoms with Crippen molar-refractivity contribution in [3.63, 3.8) is 0 Å². The molecule has 8 N–H and O–H groups in total. The topological polar surface area (TPSA) is 125 Å². The summed E-state index contributed by atoms with van der Waals surface area (Å²) in [7, 11) is 0. The molecule has 8 heteroatoms. The maximum absolute atomic E-state index is 4.99. The Kier molecular flexibility index (Phi) is 1.87. The van der Waals surface area contributed by atoms with Crippen molar-refractivity contribution in [2.75, 3.05) is 0 Å². The standard InChI is InChI=1S/C2H8N8/c3-5-1-7-9-2(6-4)10-8-1/h3-4H2,(H2,5,7,8)(H2,6,9,10). The van der Waals surface area contributed by atoms with Gasteiger partial charge in [-0.3, -0.25) is 21.7 Å². The molecule has 0 saturated carbocycles. The number of rotatable bonds is 0. The first-order chi connectivity index (χ1) is 4.86. The van der Waals surface area contributed by atoms with E-state index in [1.165, 1.54) is 0 Å². The van der Waals surface area contributed by atoms with Crippen molar-refractivity contribution < 1.29 is 0 Å². The van der Waals surface area contributed by atoms with Crippen LogP contribution in [-0.2, 0) is 0 Å². The van der Waals surface area contributed by atoms with Crippen molar-refractivity contribution in [3.8, 4) is 0 Å². The number of nitrogens with two attached hydrogens (primary N) is 2. The highest BCUT2D eigenvalue weighted by Crippen LogP contribution is 1.76. The zero-order valence-electron chi connectivity index (χ0n) is 5.05. The highest BCUT2D eigenvalue weighted by atomic mass is 15.6. The van der Waals surface area contributed by atoms with Crippen LogP contribution in [-0.4, -0.2) is 11.9 Å². The van der Waals surface area contributed by atoms with Gasteiger partial charge in [-0.1, -0.05) is 0 Å². The summed E-state index contributed by atoms with van der Waals surface area (Å²) in [5.74, 6) is 10.6. The summed E-state index contributed by atoms with van der Waals surface area (Å²) in [6.07, 6.45) is 0. The van der Waals surface area contributed by atoms with Crippen molar-refractivity contribution in [1.29, 1.82) is 0 Å². The first-order valence-corrected chi connectivity index (χ1v) is 2.47. The van der Waals surface area contributed by atoms with Gasteiger partial charge in [0.1, 0.15) is 0 Å². The predicted octanol–water partition coefficient (Wildman–Crippen LogP) is -3.35. The van der Waals surface area contributed by atoms with Crippen LogP contribution < -0.4 is 33.4 Å². The third kappa shape index (κ3) is 1.24. The first kappa shape index (κ1) is 6.58. The summed E-state index contributed by atoms with van der Waals surface area (Å²) in [5.41, 5.74) is 9.62. The molecule has 0 bridgehead atoms. The Balaban J connectivity index is 2.55. The summed E-state index contributed by atoms with van der Waals surface area (Å²) in [6, 6.07) is 0. The average molecular weight is 144 g/mol. The maximum atomic E-state index is 4.99. The summed E-state index contributed by atoms with van der Waals surface area (Å²) in [6.45, 7) is 0. The van der Waals surface area contributed by atoms with Crippen molar-refractivity contribution in [2.24, 2.45) is 21.9 Å². The number of nitrogens with zero attached hydrogens (tertiary/aromatic N) is 2. The molecule has 1 aliphatic rings. The molecule has 56 valence electrons. The number of nitrogens with one attached hydrogen (secondary N) is 4. The highest BCUT2D eigenvalue weighted by molar-refractivity contribution is 5.88. The molecule has 0 saturated heterocycles. The van der Waals surface area contributed by atoms with E-state index in [1.54, 1.807) is 0 Å². The van der Waals surface area contributed by atoms with Crippen LogP contribution in [0.5, 0.6) is 0 Å². The SMILES string of the molecule is NNC1=NN=C(NN)NN1. The molecule has 1 aliphatic heterocycles. The quantitative estimate of drug-likeness (QED) is 0.156. The molecule has 0 aromatic heterocycles. The van der Waals surface area contributed by atoms with E-state index in [9.17, 15) is 0 Å². The van der Waals surface area contributed by atoms with Gasteiger partial charge in [-0.05, 0) is 0 Å². The van der Waals surface area contributed by atoms with Crippen LogP contribution in [0.3, 0.4) is 0 Å². The van der Waals surface area contributed by atoms with Gasteiger partial charge in [-0.2, -0.15) is 0 Å². The van der Waals surface area contributed by atoms with Gasteiger partial charge in [0.2, 0.25) is 11.9 Å². The summed E-state index contributed by atoms with van der Waals surface area (Å²) in [4.78, 5) is 0. The van der Waals surface area contributed by atoms with Crippen LogP contribution in [0.4, 0.5) is 0 Å². The monoisotopic (exact) mass is 144 g/mol. The van der Waals surface area contributed by atoms with Crippen molar-refractivity contribution in [3.05, 3.63) is 0 Å². The van der Waals surface area contributed by atoms with Gasteiger partial charge in [0.25, 0.3) is 0 Å². The molecular weight excluding hydrogens is 136 g/mol. The molecule has 0 amide bonds. The molecule has 8 nitrogen and oxygen atoms in total. The predicted molar refractivity (Wildman–Crippen MR) is 35.8 cm³/mol. The maximum Gasteiger partial charge on any atom is 0.249 e. The second-order valence-corrected chi connectivity index (χ2v) is 1.44. The Morgan fingerprint density at radius 1 is 1.00 bits per heavy atom. The molecule has 10 heavy (non-hydrogen) atoms. The molecule has 0 radical (unpaired) electrons. The minimum atomic E-state index is 0.319. The fourth-order valence-electron chi connectivity index (χ4n) is 0.398. The Bertz CT molecular complexity index is 148. The van der Waals surface area contributed by atoms with E-state index in [0.717, 1.165) is 0 Å². The molecule has 1 rings (SSSR count). The van der Waals surface area contributed by atoms with Gasteiger partial charge in [-0.25, -0.2) is 11.7 Å². The molecule has 0 aliphatic carbocycles. The molecule has 0 aromatic rings. The summed E-state index contributed by atoms with van der Waals surface area (Å²) in [5, 5.41) is 7.11. The van der Waals surface area contributed by atoms with E-state index < -0.39 is 0 Å². The lowest BCUT2D eigenvalue weighted by molar-refractivity contribution is 0.735. The van der Waals surface area contributed by atoms with E-state index in [-0.39, 0.29) is 0 Å². The lowest BCUT2D eigenvalue weighted by Gasteiger charge is -2.14. The van der Waals surface area contributed by atoms with Gasteiger partial charge >= 0.3 is 0 Å². The zero-order valence-corrected chi connectivity index (χ0v) is 5.05. The molecular formula is C2H8N8. The first-order valence-electron chi connectivity index (χ1n) is 2.47. The van der Waals surface area contributed by atoms with Gasteiger partial charge in [-0.15, -0.1) is 10.2 Å². The number of hydrogen-bond donors (Lipinski definition) is 6. The zero-order chi connectivity index (χ0) is 7.40. The highest BCUT2D eigenvalue weighted by Gasteiger charge is 2.02. The normalized spacial score (nSPS) is 15.8. The van der Waals surface area contributed by atoms with Gasteiger partial charge < -0.3 is 0 Å². The van der Waals surface area contributed by atoms with Gasteiger partial charge in [0.05, 0.1) is 0 Å². The van der Waals surface area contributed by atoms with E-state index in [0.29, 0.717) is 11.9 Å². The van der Waals surface area contributed by atoms with Crippen molar-refractivity contribution in [2.45, 2.75) is 0 Å².